The maximum absolute atomic E-state index is 2.38. The molecule has 0 heterocycles. The molecule has 0 aliphatic heterocycles. The first-order chi connectivity index (χ1) is 9.42. The average molecular weight is 480 g/mol. The molecule has 2 aliphatic rings. The normalized spacial score (nSPS) is 13.4. The molecule has 0 bridgehead atoms. The van der Waals surface area contributed by atoms with E-state index in [0.717, 1.165) is 6.42 Å². The third-order valence-corrected chi connectivity index (χ3v) is 9.05. The molecule has 0 amide bonds. The minimum absolute atomic E-state index is 0. The van der Waals surface area contributed by atoms with Crippen LogP contribution in [0.4, 0.5) is 0 Å². The van der Waals surface area contributed by atoms with Crippen molar-refractivity contribution < 1.29 is 47.7 Å². The van der Waals surface area contributed by atoms with Crippen LogP contribution in [0.5, 0.6) is 0 Å². The number of hydrogen-bond donors (Lipinski definition) is 0. The van der Waals surface area contributed by atoms with E-state index in [2.05, 4.69) is 60.7 Å². The molecule has 0 unspecified atom stereocenters. The van der Waals surface area contributed by atoms with E-state index in [-0.39, 0.29) is 24.8 Å². The molecule has 2 aromatic carbocycles. The van der Waals surface area contributed by atoms with Crippen LogP contribution in [0.3, 0.4) is 0 Å². The largest absolute Gasteiger partial charge is 1.00 e. The Kier molecular flexibility index (Phi) is 5.65. The van der Waals surface area contributed by atoms with Crippen molar-refractivity contribution in [2.24, 2.45) is 0 Å². The van der Waals surface area contributed by atoms with Gasteiger partial charge >= 0.3 is 125 Å². The summed E-state index contributed by atoms with van der Waals surface area (Å²) in [6, 6.07) is 15.8. The Morgan fingerprint density at radius 1 is 0.857 bits per heavy atom. The van der Waals surface area contributed by atoms with Crippen molar-refractivity contribution in [3.63, 3.8) is 0 Å². The maximum atomic E-state index is 2.38. The van der Waals surface area contributed by atoms with Crippen molar-refractivity contribution in [1.29, 1.82) is 0 Å². The molecule has 4 rings (SSSR count). The molecule has 0 aromatic heterocycles. The molecule has 21 heavy (non-hydrogen) atoms. The summed E-state index contributed by atoms with van der Waals surface area (Å²) in [4.78, 5) is 0. The van der Waals surface area contributed by atoms with E-state index in [4.69, 9.17) is 0 Å². The fourth-order valence-corrected chi connectivity index (χ4v) is 7.65. The summed E-state index contributed by atoms with van der Waals surface area (Å²) in [5.41, 5.74) is 6.08. The summed E-state index contributed by atoms with van der Waals surface area (Å²) in [6.07, 6.45) is 9.22. The van der Waals surface area contributed by atoms with Gasteiger partial charge in [-0.3, -0.25) is 0 Å². The van der Waals surface area contributed by atoms with Crippen LogP contribution >= 0.6 is 0 Å². The Hall–Kier alpha value is -0.630. The molecule has 0 nitrogen and oxygen atoms in total. The molecule has 0 fully saturated rings. The number of allylic oxidation sites excluding steroid dienone is 4. The summed E-state index contributed by atoms with van der Waals surface area (Å²) in [5.74, 6) is 0. The van der Waals surface area contributed by atoms with Gasteiger partial charge in [-0.25, -0.2) is 0 Å². The Morgan fingerprint density at radius 3 is 2.48 bits per heavy atom. The van der Waals surface area contributed by atoms with Crippen molar-refractivity contribution in [3.05, 3.63) is 75.1 Å². The molecule has 0 radical (unpaired) electrons. The molecule has 104 valence electrons. The van der Waals surface area contributed by atoms with Crippen molar-refractivity contribution in [2.45, 2.75) is 12.8 Å². The zero-order valence-electron chi connectivity index (χ0n) is 11.4. The Bertz CT molecular complexity index is 717. The summed E-state index contributed by atoms with van der Waals surface area (Å²) >= 11 is -0.822. The minimum Gasteiger partial charge on any atom is -1.00 e. The molecule has 0 atom stereocenters. The van der Waals surface area contributed by atoms with Crippen LogP contribution in [0, 0.1) is 0 Å². The van der Waals surface area contributed by atoms with Crippen LogP contribution in [0.2, 0.25) is 0 Å². The van der Waals surface area contributed by atoms with Crippen molar-refractivity contribution in [2.75, 3.05) is 0 Å². The van der Waals surface area contributed by atoms with E-state index < -0.39 is 22.9 Å². The predicted octanol–water partition coefficient (Wildman–Crippen LogP) is -2.18. The quantitative estimate of drug-likeness (QED) is 0.367. The number of rotatable bonds is 2. The second-order valence-electron chi connectivity index (χ2n) is 5.11. The Labute approximate surface area is 149 Å². The second kappa shape index (κ2) is 7.09. The summed E-state index contributed by atoms with van der Waals surface area (Å²) in [7, 11) is 0. The van der Waals surface area contributed by atoms with Crippen LogP contribution in [-0.2, 0) is 29.3 Å². The molecule has 0 N–H and O–H groups in total. The molecule has 3 heteroatoms. The third-order valence-electron chi connectivity index (χ3n) is 3.92. The summed E-state index contributed by atoms with van der Waals surface area (Å²) in [6.45, 7) is 0. The predicted molar refractivity (Wildman–Crippen MR) is 76.2 cm³/mol. The number of benzene rings is 2. The maximum Gasteiger partial charge on any atom is -1.00 e. The molecular formula is C18H14Cl2Hf. The fraction of sp³-hybridized carbons (Fsp3) is 0.111. The van der Waals surface area contributed by atoms with Crippen LogP contribution in [-0.4, -0.2) is 0 Å². The Morgan fingerprint density at radius 2 is 1.67 bits per heavy atom. The van der Waals surface area contributed by atoms with Crippen LogP contribution in [0.15, 0.2) is 64.0 Å². The molecular weight excluding hydrogens is 466 g/mol. The zero-order valence-corrected chi connectivity index (χ0v) is 16.5. The molecule has 0 saturated carbocycles. The van der Waals surface area contributed by atoms with Crippen molar-refractivity contribution >= 4 is 3.32 Å². The monoisotopic (exact) mass is 480 g/mol. The first-order valence-corrected chi connectivity index (χ1v) is 10.3. The smallest absolute Gasteiger partial charge is 1.00 e. The minimum atomic E-state index is -0.822. The summed E-state index contributed by atoms with van der Waals surface area (Å²) in [5, 5.41) is 0. The summed E-state index contributed by atoms with van der Waals surface area (Å²) < 4.78 is 3.42. The van der Waals surface area contributed by atoms with Gasteiger partial charge in [-0.1, -0.05) is 0 Å². The average Bonchev–Trinajstić information content (AvgIpc) is 3.06. The van der Waals surface area contributed by atoms with Gasteiger partial charge < -0.3 is 24.8 Å². The van der Waals surface area contributed by atoms with Crippen molar-refractivity contribution in [3.8, 4) is 11.1 Å². The third kappa shape index (κ3) is 3.11. The molecule has 2 aromatic rings. The van der Waals surface area contributed by atoms with Crippen LogP contribution < -0.4 is 28.1 Å². The van der Waals surface area contributed by atoms with Gasteiger partial charge in [-0.2, -0.15) is 0 Å². The number of hydrogen-bond acceptors (Lipinski definition) is 0. The van der Waals surface area contributed by atoms with Gasteiger partial charge in [0.25, 0.3) is 0 Å². The van der Waals surface area contributed by atoms with E-state index in [0.29, 0.717) is 0 Å². The number of fused-ring (bicyclic) bond motifs is 3. The first kappa shape index (κ1) is 16.7. The van der Waals surface area contributed by atoms with E-state index >= 15 is 0 Å². The number of halogens is 2. The van der Waals surface area contributed by atoms with E-state index in [1.807, 2.05) is 0 Å². The first-order valence-electron chi connectivity index (χ1n) is 6.75. The van der Waals surface area contributed by atoms with Gasteiger partial charge in [0, 0.05) is 0 Å². The molecule has 0 saturated heterocycles. The fourth-order valence-electron chi connectivity index (χ4n) is 2.99. The topological polar surface area (TPSA) is 0 Å². The van der Waals surface area contributed by atoms with Crippen LogP contribution in [0.1, 0.15) is 17.5 Å². The van der Waals surface area contributed by atoms with Gasteiger partial charge in [0.15, 0.2) is 0 Å². The zero-order chi connectivity index (χ0) is 12.7. The SMILES string of the molecule is C1=CC[C]([Hf+2][c]2cccc3c2Cc2ccccc2-3)=C1.[Cl-].[Cl-]. The van der Waals surface area contributed by atoms with Gasteiger partial charge in [-0.05, 0) is 0 Å². The second-order valence-corrected chi connectivity index (χ2v) is 10.3. The standard InChI is InChI=1S/C13H9.C5H5.2ClH.Hf/c1-3-7-12-10(5-1)9-11-6-2-4-8-13(11)12;1-2-4-5-3-1;;;/h1-5,7-8H,9H2;1-3H,4H2;2*1H;/q;;;;+2/p-2. The molecule has 2 aliphatic carbocycles. The van der Waals surface area contributed by atoms with Gasteiger partial charge in [0.2, 0.25) is 0 Å². The Balaban J connectivity index is 0.000000807. The van der Waals surface area contributed by atoms with E-state index in [1.54, 1.807) is 12.2 Å². The van der Waals surface area contributed by atoms with Crippen molar-refractivity contribution in [1.82, 2.24) is 0 Å². The van der Waals surface area contributed by atoms with E-state index in [1.165, 1.54) is 23.1 Å². The van der Waals surface area contributed by atoms with Gasteiger partial charge in [0.1, 0.15) is 0 Å². The van der Waals surface area contributed by atoms with Crippen LogP contribution in [0.25, 0.3) is 11.1 Å². The van der Waals surface area contributed by atoms with Gasteiger partial charge in [0.05, 0.1) is 0 Å². The molecule has 0 spiro atoms. The van der Waals surface area contributed by atoms with E-state index in [9.17, 15) is 0 Å². The van der Waals surface area contributed by atoms with Gasteiger partial charge in [-0.15, -0.1) is 0 Å².